The first-order valence-electron chi connectivity index (χ1n) is 10.8. The van der Waals surface area contributed by atoms with Gasteiger partial charge in [-0.2, -0.15) is 0 Å². The molecule has 0 radical (unpaired) electrons. The molecular weight excluding hydrogens is 348 g/mol. The van der Waals surface area contributed by atoms with E-state index < -0.39 is 0 Å². The van der Waals surface area contributed by atoms with Gasteiger partial charge in [0.05, 0.1) is 11.7 Å². The minimum absolute atomic E-state index is 0.127. The van der Waals surface area contributed by atoms with Crippen molar-refractivity contribution in [3.63, 3.8) is 0 Å². The first-order chi connectivity index (χ1) is 12.6. The van der Waals surface area contributed by atoms with E-state index in [1.807, 2.05) is 11.3 Å². The van der Waals surface area contributed by atoms with E-state index in [1.165, 1.54) is 65.8 Å². The third-order valence-corrected chi connectivity index (χ3v) is 7.14. The molecule has 0 saturated heterocycles. The van der Waals surface area contributed by atoms with Crippen molar-refractivity contribution in [2.24, 2.45) is 5.41 Å². The number of hydrogen-bond donors (Lipinski definition) is 0. The lowest BCUT2D eigenvalue weighted by Crippen LogP contribution is -2.22. The van der Waals surface area contributed by atoms with Crippen LogP contribution in [0.15, 0.2) is 12.2 Å². The van der Waals surface area contributed by atoms with E-state index in [-0.39, 0.29) is 11.7 Å². The molecule has 0 aliphatic heterocycles. The van der Waals surface area contributed by atoms with Crippen molar-refractivity contribution in [2.45, 2.75) is 105 Å². The summed E-state index contributed by atoms with van der Waals surface area (Å²) >= 11 is 2.01. The van der Waals surface area contributed by atoms with Gasteiger partial charge in [-0.25, -0.2) is 0 Å². The molecular formula is C25H38OS. The van der Waals surface area contributed by atoms with Crippen LogP contribution in [-0.4, -0.2) is 5.60 Å². The Bertz CT molecular complexity index is 739. The minimum atomic E-state index is -0.127. The molecule has 2 heteroatoms. The van der Waals surface area contributed by atoms with Crippen LogP contribution in [0.1, 0.15) is 113 Å². The fourth-order valence-corrected chi connectivity index (χ4v) is 5.87. The highest BCUT2D eigenvalue weighted by Crippen LogP contribution is 2.48. The predicted octanol–water partition coefficient (Wildman–Crippen LogP) is 8.48. The van der Waals surface area contributed by atoms with Crippen molar-refractivity contribution in [2.75, 3.05) is 0 Å². The number of allylic oxidation sites excluding steroid dienone is 4. The largest absolute Gasteiger partial charge is 0.368 e. The fraction of sp³-hybridized carbons (Fsp3) is 0.680. The van der Waals surface area contributed by atoms with Crippen molar-refractivity contribution in [1.82, 2.24) is 0 Å². The number of hydrogen-bond acceptors (Lipinski definition) is 2. The van der Waals surface area contributed by atoms with Crippen molar-refractivity contribution in [1.29, 1.82) is 0 Å². The molecule has 2 aliphatic carbocycles. The smallest absolute Gasteiger partial charge is 0.0820 e. The standard InChI is InChI=1S/C25H38OS/c1-17(26-24(3,4)5)21-18(2)27-23(20-11-9-8-10-12-20)22(21)19-13-15-25(6,7)16-14-19/h11,13,17H,8-10,12,14-16H2,1-7H3. The van der Waals surface area contributed by atoms with Crippen LogP contribution in [0.25, 0.3) is 11.1 Å². The Labute approximate surface area is 170 Å². The molecule has 1 aromatic rings. The van der Waals surface area contributed by atoms with Gasteiger partial charge in [0.2, 0.25) is 0 Å². The second-order valence-electron chi connectivity index (χ2n) is 10.2. The van der Waals surface area contributed by atoms with Crippen molar-refractivity contribution >= 4 is 22.5 Å². The Hall–Kier alpha value is -0.860. The second-order valence-corrected chi connectivity index (χ2v) is 11.4. The second kappa shape index (κ2) is 7.87. The maximum Gasteiger partial charge on any atom is 0.0820 e. The summed E-state index contributed by atoms with van der Waals surface area (Å²) in [6.45, 7) is 15.8. The van der Waals surface area contributed by atoms with Crippen LogP contribution in [-0.2, 0) is 4.74 Å². The molecule has 0 amide bonds. The number of ether oxygens (including phenoxy) is 1. The van der Waals surface area contributed by atoms with Gasteiger partial charge < -0.3 is 4.74 Å². The molecule has 1 atom stereocenters. The molecule has 0 bridgehead atoms. The van der Waals surface area contributed by atoms with Crippen LogP contribution in [0.5, 0.6) is 0 Å². The van der Waals surface area contributed by atoms with Crippen LogP contribution < -0.4 is 0 Å². The van der Waals surface area contributed by atoms with Gasteiger partial charge in [0.25, 0.3) is 0 Å². The quantitative estimate of drug-likeness (QED) is 0.504. The summed E-state index contributed by atoms with van der Waals surface area (Å²) in [6.07, 6.45) is 14.0. The van der Waals surface area contributed by atoms with Crippen molar-refractivity contribution in [3.8, 4) is 0 Å². The van der Waals surface area contributed by atoms with E-state index in [1.54, 1.807) is 11.1 Å². The molecule has 2 aliphatic rings. The molecule has 0 saturated carbocycles. The topological polar surface area (TPSA) is 9.23 Å². The first-order valence-corrected chi connectivity index (χ1v) is 11.6. The van der Waals surface area contributed by atoms with Gasteiger partial charge >= 0.3 is 0 Å². The zero-order chi connectivity index (χ0) is 19.8. The Kier molecular flexibility index (Phi) is 6.08. The predicted molar refractivity (Wildman–Crippen MR) is 120 cm³/mol. The molecule has 150 valence electrons. The van der Waals surface area contributed by atoms with E-state index >= 15 is 0 Å². The molecule has 0 N–H and O–H groups in total. The van der Waals surface area contributed by atoms with Gasteiger partial charge in [-0.3, -0.25) is 0 Å². The third kappa shape index (κ3) is 4.95. The van der Waals surface area contributed by atoms with Crippen molar-refractivity contribution < 1.29 is 4.74 Å². The van der Waals surface area contributed by atoms with Crippen LogP contribution in [0.3, 0.4) is 0 Å². The number of aryl methyl sites for hydroxylation is 1. The van der Waals surface area contributed by atoms with E-state index in [9.17, 15) is 0 Å². The summed E-state index contributed by atoms with van der Waals surface area (Å²) in [7, 11) is 0. The zero-order valence-corrected chi connectivity index (χ0v) is 19.3. The molecule has 27 heavy (non-hydrogen) atoms. The summed E-state index contributed by atoms with van der Waals surface area (Å²) in [4.78, 5) is 2.98. The number of rotatable bonds is 4. The van der Waals surface area contributed by atoms with Gasteiger partial charge in [-0.05, 0) is 96.1 Å². The van der Waals surface area contributed by atoms with E-state index in [2.05, 4.69) is 60.6 Å². The van der Waals surface area contributed by atoms with Gasteiger partial charge in [-0.1, -0.05) is 26.0 Å². The van der Waals surface area contributed by atoms with E-state index in [4.69, 9.17) is 4.74 Å². The van der Waals surface area contributed by atoms with Gasteiger partial charge in [0.15, 0.2) is 0 Å². The lowest BCUT2D eigenvalue weighted by Gasteiger charge is -2.31. The third-order valence-electron chi connectivity index (χ3n) is 5.94. The Balaban J connectivity index is 2.09. The van der Waals surface area contributed by atoms with E-state index in [0.29, 0.717) is 5.41 Å². The first kappa shape index (κ1) is 20.9. The van der Waals surface area contributed by atoms with Crippen LogP contribution >= 0.6 is 11.3 Å². The summed E-state index contributed by atoms with van der Waals surface area (Å²) in [5.41, 5.74) is 6.44. The van der Waals surface area contributed by atoms with Crippen LogP contribution in [0, 0.1) is 12.3 Å². The maximum absolute atomic E-state index is 6.44. The highest BCUT2D eigenvalue weighted by molar-refractivity contribution is 7.13. The average Bonchev–Trinajstić information content (AvgIpc) is 2.91. The number of thiophene rings is 1. The molecule has 1 aromatic heterocycles. The zero-order valence-electron chi connectivity index (χ0n) is 18.5. The van der Waals surface area contributed by atoms with Crippen LogP contribution in [0.2, 0.25) is 0 Å². The Morgan fingerprint density at radius 1 is 1.07 bits per heavy atom. The monoisotopic (exact) mass is 386 g/mol. The van der Waals surface area contributed by atoms with Crippen LogP contribution in [0.4, 0.5) is 0 Å². The fourth-order valence-electron chi connectivity index (χ4n) is 4.53. The van der Waals surface area contributed by atoms with Gasteiger partial charge in [-0.15, -0.1) is 11.3 Å². The lowest BCUT2D eigenvalue weighted by atomic mass is 9.76. The molecule has 0 fully saturated rings. The molecule has 0 aromatic carbocycles. The molecule has 3 rings (SSSR count). The summed E-state index contributed by atoms with van der Waals surface area (Å²) in [5, 5.41) is 0. The summed E-state index contributed by atoms with van der Waals surface area (Å²) in [6, 6.07) is 0. The lowest BCUT2D eigenvalue weighted by molar-refractivity contribution is -0.0531. The maximum atomic E-state index is 6.44. The van der Waals surface area contributed by atoms with Crippen molar-refractivity contribution in [3.05, 3.63) is 33.0 Å². The summed E-state index contributed by atoms with van der Waals surface area (Å²) < 4.78 is 6.44. The normalized spacial score (nSPS) is 21.6. The SMILES string of the molecule is Cc1sc(C2=CCCCC2)c(C2=CCC(C)(C)CC2)c1C(C)OC(C)(C)C. The van der Waals surface area contributed by atoms with E-state index in [0.717, 1.165) is 0 Å². The Morgan fingerprint density at radius 2 is 1.81 bits per heavy atom. The highest BCUT2D eigenvalue weighted by Gasteiger charge is 2.30. The highest BCUT2D eigenvalue weighted by atomic mass is 32.1. The minimum Gasteiger partial charge on any atom is -0.368 e. The molecule has 1 unspecified atom stereocenters. The van der Waals surface area contributed by atoms with Gasteiger partial charge in [0, 0.05) is 20.9 Å². The Morgan fingerprint density at radius 3 is 2.37 bits per heavy atom. The molecule has 0 spiro atoms. The molecule has 1 nitrogen and oxygen atoms in total. The average molecular weight is 387 g/mol. The summed E-state index contributed by atoms with van der Waals surface area (Å²) in [5.74, 6) is 0. The van der Waals surface area contributed by atoms with Gasteiger partial charge in [0.1, 0.15) is 0 Å². The molecule has 1 heterocycles.